The number of ether oxygens (including phenoxy) is 1. The van der Waals surface area contributed by atoms with Crippen molar-refractivity contribution in [2.24, 2.45) is 0 Å². The fraction of sp³-hybridized carbons (Fsp3) is 0.292. The van der Waals surface area contributed by atoms with E-state index in [2.05, 4.69) is 9.97 Å². The maximum Gasteiger partial charge on any atom is 0.233 e. The Morgan fingerprint density at radius 1 is 1.06 bits per heavy atom. The molecular formula is C24H25FN4O2S. The van der Waals surface area contributed by atoms with Crippen molar-refractivity contribution >= 4 is 23.4 Å². The van der Waals surface area contributed by atoms with Crippen molar-refractivity contribution in [3.8, 4) is 17.1 Å². The van der Waals surface area contributed by atoms with Gasteiger partial charge in [-0.25, -0.2) is 14.4 Å². The van der Waals surface area contributed by atoms with Crippen LogP contribution in [0.1, 0.15) is 5.69 Å². The third-order valence-corrected chi connectivity index (χ3v) is 6.24. The zero-order valence-electron chi connectivity index (χ0n) is 18.1. The second-order valence-corrected chi connectivity index (χ2v) is 8.50. The second kappa shape index (κ2) is 9.99. The second-order valence-electron chi connectivity index (χ2n) is 7.51. The summed E-state index contributed by atoms with van der Waals surface area (Å²) in [6.45, 7) is 4.31. The number of carbonyl (C=O) groups is 1. The quantitative estimate of drug-likeness (QED) is 0.416. The zero-order chi connectivity index (χ0) is 22.5. The van der Waals surface area contributed by atoms with E-state index in [-0.39, 0.29) is 11.7 Å². The average Bonchev–Trinajstić information content (AvgIpc) is 2.83. The molecule has 0 spiro atoms. The molecule has 0 radical (unpaired) electrons. The Labute approximate surface area is 191 Å². The molecule has 166 valence electrons. The first-order chi connectivity index (χ1) is 15.5. The van der Waals surface area contributed by atoms with Gasteiger partial charge in [0.2, 0.25) is 5.91 Å². The van der Waals surface area contributed by atoms with Crippen molar-refractivity contribution in [1.29, 1.82) is 0 Å². The van der Waals surface area contributed by atoms with Gasteiger partial charge in [0.05, 0.1) is 18.6 Å². The van der Waals surface area contributed by atoms with Gasteiger partial charge in [0, 0.05) is 37.4 Å². The van der Waals surface area contributed by atoms with E-state index in [1.165, 1.54) is 17.8 Å². The lowest BCUT2D eigenvalue weighted by Gasteiger charge is -2.36. The summed E-state index contributed by atoms with van der Waals surface area (Å²) in [5, 5.41) is 0.765. The molecule has 2 aromatic carbocycles. The summed E-state index contributed by atoms with van der Waals surface area (Å²) in [6.07, 6.45) is 0. The SMILES string of the molecule is COc1ccc(-c2nc(C)cc(SCC(=O)N3CCN(c4ccccc4F)CC3)n2)cc1. The Kier molecular flexibility index (Phi) is 6.90. The number of halogens is 1. The highest BCUT2D eigenvalue weighted by Gasteiger charge is 2.23. The van der Waals surface area contributed by atoms with E-state index in [9.17, 15) is 9.18 Å². The predicted octanol–water partition coefficient (Wildman–Crippen LogP) is 4.04. The summed E-state index contributed by atoms with van der Waals surface area (Å²) in [6, 6.07) is 16.2. The number of rotatable bonds is 6. The topological polar surface area (TPSA) is 58.6 Å². The summed E-state index contributed by atoms with van der Waals surface area (Å²) in [5.41, 5.74) is 2.34. The Morgan fingerprint density at radius 3 is 2.47 bits per heavy atom. The third kappa shape index (κ3) is 5.19. The van der Waals surface area contributed by atoms with Gasteiger partial charge in [-0.3, -0.25) is 4.79 Å². The number of nitrogens with zero attached hydrogens (tertiary/aromatic N) is 4. The molecule has 0 bridgehead atoms. The van der Waals surface area contributed by atoms with Gasteiger partial charge >= 0.3 is 0 Å². The normalized spacial score (nSPS) is 13.8. The average molecular weight is 453 g/mol. The molecule has 0 unspecified atom stereocenters. The Balaban J connectivity index is 1.35. The van der Waals surface area contributed by atoms with Crippen LogP contribution < -0.4 is 9.64 Å². The van der Waals surface area contributed by atoms with Gasteiger partial charge in [0.15, 0.2) is 5.82 Å². The van der Waals surface area contributed by atoms with Crippen LogP contribution in [0, 0.1) is 12.7 Å². The molecule has 1 aliphatic heterocycles. The number of hydrogen-bond acceptors (Lipinski definition) is 6. The molecule has 0 atom stereocenters. The number of carbonyl (C=O) groups excluding carboxylic acids is 1. The van der Waals surface area contributed by atoms with Crippen molar-refractivity contribution < 1.29 is 13.9 Å². The number of methoxy groups -OCH3 is 1. The fourth-order valence-corrected chi connectivity index (χ4v) is 4.47. The van der Waals surface area contributed by atoms with E-state index in [0.717, 1.165) is 22.0 Å². The first-order valence-electron chi connectivity index (χ1n) is 10.4. The van der Waals surface area contributed by atoms with Crippen molar-refractivity contribution in [2.75, 3.05) is 43.9 Å². The fourth-order valence-electron chi connectivity index (χ4n) is 3.61. The van der Waals surface area contributed by atoms with Gasteiger partial charge in [-0.05, 0) is 49.4 Å². The molecule has 1 saturated heterocycles. The van der Waals surface area contributed by atoms with Crippen LogP contribution in [0.25, 0.3) is 11.4 Å². The molecular weight excluding hydrogens is 427 g/mol. The van der Waals surface area contributed by atoms with E-state index < -0.39 is 0 Å². The molecule has 6 nitrogen and oxygen atoms in total. The molecule has 4 rings (SSSR count). The van der Waals surface area contributed by atoms with Crippen LogP contribution in [-0.4, -0.2) is 59.8 Å². The van der Waals surface area contributed by atoms with Gasteiger partial charge in [0.25, 0.3) is 0 Å². The van der Waals surface area contributed by atoms with Gasteiger partial charge in [-0.1, -0.05) is 23.9 Å². The summed E-state index contributed by atoms with van der Waals surface area (Å²) in [7, 11) is 1.63. The van der Waals surface area contributed by atoms with E-state index in [1.807, 2.05) is 53.1 Å². The number of thioether (sulfide) groups is 1. The van der Waals surface area contributed by atoms with Gasteiger partial charge in [-0.15, -0.1) is 0 Å². The van der Waals surface area contributed by atoms with Crippen molar-refractivity contribution in [3.63, 3.8) is 0 Å². The van der Waals surface area contributed by atoms with Gasteiger partial charge in [-0.2, -0.15) is 0 Å². The number of para-hydroxylation sites is 1. The molecule has 0 N–H and O–H groups in total. The number of aromatic nitrogens is 2. The lowest BCUT2D eigenvalue weighted by atomic mass is 10.2. The van der Waals surface area contributed by atoms with Gasteiger partial charge in [0.1, 0.15) is 16.6 Å². The molecule has 1 aliphatic rings. The number of anilines is 1. The first kappa shape index (κ1) is 22.1. The molecule has 1 fully saturated rings. The maximum atomic E-state index is 14.0. The number of benzene rings is 2. The van der Waals surface area contributed by atoms with Crippen LogP contribution in [0.3, 0.4) is 0 Å². The van der Waals surface area contributed by atoms with Gasteiger partial charge < -0.3 is 14.5 Å². The number of aryl methyl sites for hydroxylation is 1. The third-order valence-electron chi connectivity index (χ3n) is 5.35. The van der Waals surface area contributed by atoms with Crippen LogP contribution in [0.4, 0.5) is 10.1 Å². The largest absolute Gasteiger partial charge is 0.497 e. The van der Waals surface area contributed by atoms with Crippen LogP contribution in [0.15, 0.2) is 59.6 Å². The van der Waals surface area contributed by atoms with E-state index in [4.69, 9.17) is 4.74 Å². The molecule has 0 saturated carbocycles. The Morgan fingerprint density at radius 2 is 1.78 bits per heavy atom. The lowest BCUT2D eigenvalue weighted by Crippen LogP contribution is -2.49. The smallest absolute Gasteiger partial charge is 0.233 e. The minimum absolute atomic E-state index is 0.0606. The van der Waals surface area contributed by atoms with Crippen LogP contribution in [-0.2, 0) is 4.79 Å². The van der Waals surface area contributed by atoms with Crippen molar-refractivity contribution in [3.05, 3.63) is 66.1 Å². The number of amides is 1. The summed E-state index contributed by atoms with van der Waals surface area (Å²) in [4.78, 5) is 25.7. The highest BCUT2D eigenvalue weighted by molar-refractivity contribution is 7.99. The minimum Gasteiger partial charge on any atom is -0.497 e. The predicted molar refractivity (Wildman–Crippen MR) is 125 cm³/mol. The molecule has 0 aliphatic carbocycles. The Bertz CT molecular complexity index is 1090. The summed E-state index contributed by atoms with van der Waals surface area (Å²) >= 11 is 1.41. The monoisotopic (exact) mass is 452 g/mol. The van der Waals surface area contributed by atoms with E-state index in [0.29, 0.717) is 43.4 Å². The van der Waals surface area contributed by atoms with E-state index in [1.54, 1.807) is 19.2 Å². The minimum atomic E-state index is -0.227. The molecule has 1 amide bonds. The van der Waals surface area contributed by atoms with Crippen LogP contribution in [0.5, 0.6) is 5.75 Å². The number of piperazine rings is 1. The zero-order valence-corrected chi connectivity index (χ0v) is 18.9. The van der Waals surface area contributed by atoms with Crippen LogP contribution in [0.2, 0.25) is 0 Å². The molecule has 1 aromatic heterocycles. The van der Waals surface area contributed by atoms with Crippen molar-refractivity contribution in [1.82, 2.24) is 14.9 Å². The Hall–Kier alpha value is -3.13. The molecule has 2 heterocycles. The molecule has 8 heteroatoms. The van der Waals surface area contributed by atoms with Crippen molar-refractivity contribution in [2.45, 2.75) is 11.9 Å². The van der Waals surface area contributed by atoms with E-state index >= 15 is 0 Å². The lowest BCUT2D eigenvalue weighted by molar-refractivity contribution is -0.128. The highest BCUT2D eigenvalue weighted by Crippen LogP contribution is 2.24. The standard InChI is InChI=1S/C24H25FN4O2S/c1-17-15-22(27-24(26-17)18-7-9-19(31-2)10-8-18)32-16-23(30)29-13-11-28(12-14-29)21-6-4-3-5-20(21)25/h3-10,15H,11-14,16H2,1-2H3. The van der Waals surface area contributed by atoms with Crippen LogP contribution >= 0.6 is 11.8 Å². The maximum absolute atomic E-state index is 14.0. The first-order valence-corrected chi connectivity index (χ1v) is 11.4. The highest BCUT2D eigenvalue weighted by atomic mass is 32.2. The summed E-state index contributed by atoms with van der Waals surface area (Å²) < 4.78 is 19.2. The summed E-state index contributed by atoms with van der Waals surface area (Å²) in [5.74, 6) is 1.54. The molecule has 3 aromatic rings. The number of hydrogen-bond donors (Lipinski definition) is 0. The molecule has 32 heavy (non-hydrogen) atoms.